The summed E-state index contributed by atoms with van der Waals surface area (Å²) in [5.41, 5.74) is 2.23. The molecule has 1 N–H and O–H groups in total. The Morgan fingerprint density at radius 3 is 2.70 bits per heavy atom. The fraction of sp³-hybridized carbons (Fsp3) is 0.353. The van der Waals surface area contributed by atoms with Gasteiger partial charge >= 0.3 is 6.09 Å². The minimum absolute atomic E-state index is 0.353. The Labute approximate surface area is 134 Å². The van der Waals surface area contributed by atoms with Crippen LogP contribution in [0.2, 0.25) is 0 Å². The van der Waals surface area contributed by atoms with E-state index in [9.17, 15) is 14.4 Å². The van der Waals surface area contributed by atoms with Crippen LogP contribution in [0.4, 0.5) is 10.5 Å². The monoisotopic (exact) mass is 314 g/mol. The van der Waals surface area contributed by atoms with Crippen molar-refractivity contribution < 1.29 is 19.1 Å². The number of amides is 2. The molecule has 0 fully saturated rings. The van der Waals surface area contributed by atoms with Gasteiger partial charge in [0.15, 0.2) is 0 Å². The molecule has 2 heterocycles. The van der Waals surface area contributed by atoms with Gasteiger partial charge in [0.2, 0.25) is 0 Å². The van der Waals surface area contributed by atoms with Gasteiger partial charge in [-0.2, -0.15) is 0 Å². The maximum Gasteiger partial charge on any atom is 0.410 e. The second kappa shape index (κ2) is 5.22. The van der Waals surface area contributed by atoms with E-state index >= 15 is 0 Å². The number of carbonyl (C=O) groups is 3. The fourth-order valence-corrected chi connectivity index (χ4v) is 2.58. The topological polar surface area (TPSA) is 75.7 Å². The van der Waals surface area contributed by atoms with Crippen LogP contribution in [0.25, 0.3) is 5.57 Å². The lowest BCUT2D eigenvalue weighted by Gasteiger charge is -2.24. The maximum atomic E-state index is 12.1. The van der Waals surface area contributed by atoms with Crippen LogP contribution in [-0.4, -0.2) is 41.4 Å². The lowest BCUT2D eigenvalue weighted by molar-refractivity contribution is -0.112. The third-order valence-corrected chi connectivity index (χ3v) is 3.66. The van der Waals surface area contributed by atoms with E-state index in [2.05, 4.69) is 5.32 Å². The molecule has 2 aliphatic rings. The van der Waals surface area contributed by atoms with E-state index in [4.69, 9.17) is 4.74 Å². The molecule has 0 aromatic heterocycles. The normalized spacial score (nSPS) is 17.0. The van der Waals surface area contributed by atoms with Crippen molar-refractivity contribution in [3.8, 4) is 0 Å². The highest BCUT2D eigenvalue weighted by molar-refractivity contribution is 6.51. The lowest BCUT2D eigenvalue weighted by Crippen LogP contribution is -2.35. The molecule has 23 heavy (non-hydrogen) atoms. The molecule has 3 rings (SSSR count). The average molecular weight is 314 g/mol. The van der Waals surface area contributed by atoms with E-state index in [0.717, 1.165) is 11.1 Å². The van der Waals surface area contributed by atoms with E-state index < -0.39 is 17.3 Å². The molecule has 0 atom stereocenters. The van der Waals surface area contributed by atoms with Crippen LogP contribution >= 0.6 is 0 Å². The summed E-state index contributed by atoms with van der Waals surface area (Å²) in [4.78, 5) is 36.7. The number of anilines is 1. The molecular weight excluding hydrogens is 296 g/mol. The lowest BCUT2D eigenvalue weighted by atomic mass is 10.0. The predicted octanol–water partition coefficient (Wildman–Crippen LogP) is 2.46. The van der Waals surface area contributed by atoms with Crippen molar-refractivity contribution in [2.24, 2.45) is 0 Å². The van der Waals surface area contributed by atoms with Gasteiger partial charge in [-0.05, 0) is 44.0 Å². The van der Waals surface area contributed by atoms with Crippen LogP contribution in [-0.2, 0) is 9.53 Å². The largest absolute Gasteiger partial charge is 0.444 e. The van der Waals surface area contributed by atoms with Crippen LogP contribution in [0.1, 0.15) is 36.7 Å². The number of fused-ring (bicyclic) bond motifs is 1. The van der Waals surface area contributed by atoms with Crippen LogP contribution in [0.15, 0.2) is 24.3 Å². The second-order valence-electron chi connectivity index (χ2n) is 6.63. The van der Waals surface area contributed by atoms with Gasteiger partial charge in [-0.15, -0.1) is 0 Å². The number of carbonyl (C=O) groups excluding carboxylic acids is 3. The van der Waals surface area contributed by atoms with Crippen LogP contribution < -0.4 is 5.32 Å². The third kappa shape index (κ3) is 2.97. The van der Waals surface area contributed by atoms with Crippen molar-refractivity contribution in [1.82, 2.24) is 4.90 Å². The first-order chi connectivity index (χ1) is 10.7. The van der Waals surface area contributed by atoms with Gasteiger partial charge in [-0.3, -0.25) is 9.59 Å². The summed E-state index contributed by atoms with van der Waals surface area (Å²) >= 11 is 0. The van der Waals surface area contributed by atoms with Gasteiger partial charge < -0.3 is 15.0 Å². The van der Waals surface area contributed by atoms with E-state index in [1.54, 1.807) is 23.1 Å². The Bertz CT molecular complexity index is 743. The molecule has 0 radical (unpaired) electrons. The standard InChI is InChI=1S/C17H18N2O4/c1-17(2,3)23-16(22)19-7-6-11(9-19)10-4-5-12-13(8-10)18-15(21)14(12)20/h4-6,8H,7,9H2,1-3H3,(H,18,20,21). The summed E-state index contributed by atoms with van der Waals surface area (Å²) in [7, 11) is 0. The molecule has 6 heteroatoms. The molecule has 0 aliphatic carbocycles. The highest BCUT2D eigenvalue weighted by atomic mass is 16.6. The number of nitrogens with zero attached hydrogens (tertiary/aromatic N) is 1. The Morgan fingerprint density at radius 2 is 2.00 bits per heavy atom. The molecule has 0 saturated heterocycles. The number of Topliss-reactive ketones (excluding diaryl/α,β-unsaturated/α-hetero) is 1. The first kappa shape index (κ1) is 15.3. The van der Waals surface area contributed by atoms with Gasteiger partial charge in [-0.1, -0.05) is 12.1 Å². The number of ether oxygens (including phenoxy) is 1. The first-order valence-electron chi connectivity index (χ1n) is 7.42. The van der Waals surface area contributed by atoms with Crippen molar-refractivity contribution in [3.63, 3.8) is 0 Å². The van der Waals surface area contributed by atoms with Crippen LogP contribution in [0.5, 0.6) is 0 Å². The van der Waals surface area contributed by atoms with Crippen molar-refractivity contribution in [2.45, 2.75) is 26.4 Å². The highest BCUT2D eigenvalue weighted by Gasteiger charge is 2.29. The molecule has 120 valence electrons. The van der Waals surface area contributed by atoms with E-state index in [0.29, 0.717) is 24.3 Å². The minimum Gasteiger partial charge on any atom is -0.444 e. The van der Waals surface area contributed by atoms with E-state index in [1.807, 2.05) is 26.8 Å². The summed E-state index contributed by atoms with van der Waals surface area (Å²) in [6.07, 6.45) is 1.60. The fourth-order valence-electron chi connectivity index (χ4n) is 2.58. The molecule has 6 nitrogen and oxygen atoms in total. The zero-order chi connectivity index (χ0) is 16.8. The van der Waals surface area contributed by atoms with Crippen molar-refractivity contribution in [3.05, 3.63) is 35.4 Å². The zero-order valence-corrected chi connectivity index (χ0v) is 13.3. The quantitative estimate of drug-likeness (QED) is 0.808. The first-order valence-corrected chi connectivity index (χ1v) is 7.42. The minimum atomic E-state index is -0.604. The smallest absolute Gasteiger partial charge is 0.410 e. The number of rotatable bonds is 1. The van der Waals surface area contributed by atoms with Gasteiger partial charge in [0.05, 0.1) is 11.3 Å². The molecule has 1 aromatic rings. The van der Waals surface area contributed by atoms with Crippen LogP contribution in [0, 0.1) is 0 Å². The average Bonchev–Trinajstić information content (AvgIpc) is 3.03. The number of hydrogen-bond donors (Lipinski definition) is 1. The van der Waals surface area contributed by atoms with Crippen molar-refractivity contribution in [1.29, 1.82) is 0 Å². The number of ketones is 1. The van der Waals surface area contributed by atoms with E-state index in [-0.39, 0.29) is 6.09 Å². The molecule has 2 aliphatic heterocycles. The van der Waals surface area contributed by atoms with E-state index in [1.165, 1.54) is 0 Å². The molecular formula is C17H18N2O4. The SMILES string of the molecule is CC(C)(C)OC(=O)N1CC=C(c2ccc3c(c2)NC(=O)C3=O)C1. The van der Waals surface area contributed by atoms with Crippen molar-refractivity contribution in [2.75, 3.05) is 18.4 Å². The Morgan fingerprint density at radius 1 is 1.26 bits per heavy atom. The summed E-state index contributed by atoms with van der Waals surface area (Å²) in [6, 6.07) is 5.20. The Balaban J connectivity index is 1.73. The molecule has 0 bridgehead atoms. The van der Waals surface area contributed by atoms with Crippen LogP contribution in [0.3, 0.4) is 0 Å². The van der Waals surface area contributed by atoms with Gasteiger partial charge in [-0.25, -0.2) is 4.79 Å². The third-order valence-electron chi connectivity index (χ3n) is 3.66. The molecule has 0 saturated carbocycles. The Hall–Kier alpha value is -2.63. The Kier molecular flexibility index (Phi) is 3.47. The predicted molar refractivity (Wildman–Crippen MR) is 85.2 cm³/mol. The second-order valence-corrected chi connectivity index (χ2v) is 6.63. The number of hydrogen-bond acceptors (Lipinski definition) is 4. The van der Waals surface area contributed by atoms with Gasteiger partial charge in [0, 0.05) is 13.1 Å². The highest BCUT2D eigenvalue weighted by Crippen LogP contribution is 2.29. The summed E-state index contributed by atoms with van der Waals surface area (Å²) in [6.45, 7) is 6.41. The molecule has 1 aromatic carbocycles. The maximum absolute atomic E-state index is 12.1. The number of benzene rings is 1. The zero-order valence-electron chi connectivity index (χ0n) is 13.3. The summed E-state index contributed by atoms with van der Waals surface area (Å²) in [5.74, 6) is -1.12. The molecule has 0 unspecified atom stereocenters. The van der Waals surface area contributed by atoms with Crippen molar-refractivity contribution >= 4 is 29.0 Å². The van der Waals surface area contributed by atoms with Gasteiger partial charge in [0.1, 0.15) is 5.60 Å². The summed E-state index contributed by atoms with van der Waals surface area (Å²) in [5, 5.41) is 2.56. The molecule has 2 amide bonds. The summed E-state index contributed by atoms with van der Waals surface area (Å²) < 4.78 is 5.36. The number of nitrogens with one attached hydrogen (secondary N) is 1. The van der Waals surface area contributed by atoms with Gasteiger partial charge in [0.25, 0.3) is 11.7 Å². The molecule has 0 spiro atoms.